The maximum atomic E-state index is 4.88. The van der Waals surface area contributed by atoms with E-state index in [4.69, 9.17) is 5.90 Å². The zero-order valence-electron chi connectivity index (χ0n) is 4.89. The SMILES string of the molecule is NOC[C@H]1CCNC1. The Morgan fingerprint density at radius 2 is 2.62 bits per heavy atom. The zero-order valence-corrected chi connectivity index (χ0v) is 4.89. The largest absolute Gasteiger partial charge is 0.316 e. The van der Waals surface area contributed by atoms with Gasteiger partial charge in [0, 0.05) is 6.54 Å². The first-order valence-electron chi connectivity index (χ1n) is 2.96. The second-order valence-corrected chi connectivity index (χ2v) is 2.19. The van der Waals surface area contributed by atoms with Crippen molar-refractivity contribution in [2.45, 2.75) is 6.42 Å². The highest BCUT2D eigenvalue weighted by Gasteiger charge is 2.12. The molecule has 1 fully saturated rings. The first-order valence-corrected chi connectivity index (χ1v) is 2.96. The Bertz CT molecular complexity index is 61.4. The lowest BCUT2D eigenvalue weighted by atomic mass is 10.1. The molecule has 8 heavy (non-hydrogen) atoms. The van der Waals surface area contributed by atoms with Gasteiger partial charge in [-0.05, 0) is 18.9 Å². The van der Waals surface area contributed by atoms with Gasteiger partial charge in [0.1, 0.15) is 0 Å². The fraction of sp³-hybridized carbons (Fsp3) is 1.00. The van der Waals surface area contributed by atoms with Crippen LogP contribution in [-0.2, 0) is 4.84 Å². The van der Waals surface area contributed by atoms with Crippen molar-refractivity contribution in [3.63, 3.8) is 0 Å². The summed E-state index contributed by atoms with van der Waals surface area (Å²) in [4.78, 5) is 4.49. The van der Waals surface area contributed by atoms with Gasteiger partial charge in [0.15, 0.2) is 0 Å². The smallest absolute Gasteiger partial charge is 0.0720 e. The highest BCUT2D eigenvalue weighted by Crippen LogP contribution is 2.05. The van der Waals surface area contributed by atoms with Crippen molar-refractivity contribution < 1.29 is 4.84 Å². The monoisotopic (exact) mass is 116 g/mol. The van der Waals surface area contributed by atoms with Crippen molar-refractivity contribution in [1.29, 1.82) is 0 Å². The molecular formula is C5H12N2O. The number of nitrogens with one attached hydrogen (secondary N) is 1. The van der Waals surface area contributed by atoms with E-state index in [9.17, 15) is 0 Å². The van der Waals surface area contributed by atoms with Gasteiger partial charge < -0.3 is 10.2 Å². The highest BCUT2D eigenvalue weighted by atomic mass is 16.6. The molecule has 0 unspecified atom stereocenters. The molecule has 3 heteroatoms. The third-order valence-electron chi connectivity index (χ3n) is 1.49. The van der Waals surface area contributed by atoms with Gasteiger partial charge in [0.05, 0.1) is 6.61 Å². The summed E-state index contributed by atoms with van der Waals surface area (Å²) in [5.41, 5.74) is 0. The lowest BCUT2D eigenvalue weighted by Crippen LogP contribution is -2.15. The average Bonchev–Trinajstić information content (AvgIpc) is 2.19. The van der Waals surface area contributed by atoms with Gasteiger partial charge in [-0.15, -0.1) is 0 Å². The lowest BCUT2D eigenvalue weighted by Gasteiger charge is -2.02. The molecule has 1 aliphatic heterocycles. The van der Waals surface area contributed by atoms with E-state index in [1.54, 1.807) is 0 Å². The third kappa shape index (κ3) is 1.43. The fourth-order valence-corrected chi connectivity index (χ4v) is 0.993. The molecule has 1 aliphatic rings. The molecule has 1 atom stereocenters. The summed E-state index contributed by atoms with van der Waals surface area (Å²) in [6, 6.07) is 0. The van der Waals surface area contributed by atoms with Crippen molar-refractivity contribution >= 4 is 0 Å². The van der Waals surface area contributed by atoms with E-state index in [2.05, 4.69) is 10.2 Å². The maximum absolute atomic E-state index is 4.88. The van der Waals surface area contributed by atoms with Crippen LogP contribution < -0.4 is 11.2 Å². The van der Waals surface area contributed by atoms with Crippen molar-refractivity contribution in [2.75, 3.05) is 19.7 Å². The minimum absolute atomic E-state index is 0.653. The molecule has 0 aromatic heterocycles. The summed E-state index contributed by atoms with van der Waals surface area (Å²) in [6.45, 7) is 2.89. The topological polar surface area (TPSA) is 47.3 Å². The Morgan fingerprint density at radius 1 is 1.75 bits per heavy atom. The summed E-state index contributed by atoms with van der Waals surface area (Å²) < 4.78 is 0. The number of nitrogens with two attached hydrogens (primary N) is 1. The van der Waals surface area contributed by atoms with Crippen LogP contribution in [0.2, 0.25) is 0 Å². The normalized spacial score (nSPS) is 28.9. The van der Waals surface area contributed by atoms with Crippen LogP contribution >= 0.6 is 0 Å². The van der Waals surface area contributed by atoms with Gasteiger partial charge in [-0.2, -0.15) is 0 Å². The predicted molar refractivity (Wildman–Crippen MR) is 31.1 cm³/mol. The Labute approximate surface area is 49.2 Å². The van der Waals surface area contributed by atoms with E-state index in [0.29, 0.717) is 12.5 Å². The van der Waals surface area contributed by atoms with E-state index in [-0.39, 0.29) is 0 Å². The Hall–Kier alpha value is -0.120. The molecule has 0 bridgehead atoms. The summed E-state index contributed by atoms with van der Waals surface area (Å²) in [5, 5.41) is 3.22. The summed E-state index contributed by atoms with van der Waals surface area (Å²) in [5.74, 6) is 5.53. The molecular weight excluding hydrogens is 104 g/mol. The predicted octanol–water partition coefficient (Wildman–Crippen LogP) is -0.514. The van der Waals surface area contributed by atoms with Crippen LogP contribution in [0.3, 0.4) is 0 Å². The van der Waals surface area contributed by atoms with Gasteiger partial charge in [-0.3, -0.25) is 0 Å². The lowest BCUT2D eigenvalue weighted by molar-refractivity contribution is 0.107. The molecule has 0 aromatic carbocycles. The van der Waals surface area contributed by atoms with Crippen LogP contribution in [0.25, 0.3) is 0 Å². The van der Waals surface area contributed by atoms with Crippen molar-refractivity contribution in [3.8, 4) is 0 Å². The molecule has 0 aliphatic carbocycles. The van der Waals surface area contributed by atoms with Gasteiger partial charge in [-0.25, -0.2) is 5.90 Å². The molecule has 3 nitrogen and oxygen atoms in total. The minimum atomic E-state index is 0.653. The molecule has 1 heterocycles. The molecule has 1 saturated heterocycles. The quantitative estimate of drug-likeness (QED) is 0.477. The summed E-state index contributed by atoms with van der Waals surface area (Å²) >= 11 is 0. The second kappa shape index (κ2) is 3.02. The summed E-state index contributed by atoms with van der Waals surface area (Å²) in [6.07, 6.45) is 1.21. The molecule has 0 amide bonds. The first kappa shape index (κ1) is 6.01. The molecule has 0 saturated carbocycles. The van der Waals surface area contributed by atoms with E-state index < -0.39 is 0 Å². The zero-order chi connectivity index (χ0) is 5.82. The average molecular weight is 116 g/mol. The molecule has 3 N–H and O–H groups in total. The van der Waals surface area contributed by atoms with Gasteiger partial charge in [-0.1, -0.05) is 0 Å². The number of hydrogen-bond donors (Lipinski definition) is 2. The van der Waals surface area contributed by atoms with Crippen molar-refractivity contribution in [3.05, 3.63) is 0 Å². The third-order valence-corrected chi connectivity index (χ3v) is 1.49. The Morgan fingerprint density at radius 3 is 3.12 bits per heavy atom. The minimum Gasteiger partial charge on any atom is -0.316 e. The maximum Gasteiger partial charge on any atom is 0.0720 e. The van der Waals surface area contributed by atoms with Gasteiger partial charge >= 0.3 is 0 Å². The Kier molecular flexibility index (Phi) is 2.27. The van der Waals surface area contributed by atoms with Crippen LogP contribution in [0.5, 0.6) is 0 Å². The van der Waals surface area contributed by atoms with Gasteiger partial charge in [0.2, 0.25) is 0 Å². The van der Waals surface area contributed by atoms with Crippen LogP contribution in [0.1, 0.15) is 6.42 Å². The molecule has 48 valence electrons. The van der Waals surface area contributed by atoms with Crippen molar-refractivity contribution in [2.24, 2.45) is 11.8 Å². The van der Waals surface area contributed by atoms with Crippen LogP contribution in [0.15, 0.2) is 0 Å². The van der Waals surface area contributed by atoms with Crippen molar-refractivity contribution in [1.82, 2.24) is 5.32 Å². The number of hydrogen-bond acceptors (Lipinski definition) is 3. The summed E-state index contributed by atoms with van der Waals surface area (Å²) in [7, 11) is 0. The number of rotatable bonds is 2. The van der Waals surface area contributed by atoms with E-state index in [1.807, 2.05) is 0 Å². The van der Waals surface area contributed by atoms with Crippen LogP contribution in [0.4, 0.5) is 0 Å². The molecule has 0 radical (unpaired) electrons. The van der Waals surface area contributed by atoms with E-state index in [0.717, 1.165) is 13.1 Å². The van der Waals surface area contributed by atoms with E-state index >= 15 is 0 Å². The molecule has 0 aromatic rings. The fourth-order valence-electron chi connectivity index (χ4n) is 0.993. The van der Waals surface area contributed by atoms with E-state index in [1.165, 1.54) is 6.42 Å². The Balaban J connectivity index is 2.06. The second-order valence-electron chi connectivity index (χ2n) is 2.19. The molecule has 1 rings (SSSR count). The molecule has 0 spiro atoms. The van der Waals surface area contributed by atoms with Crippen LogP contribution in [0, 0.1) is 5.92 Å². The highest BCUT2D eigenvalue weighted by molar-refractivity contribution is 4.69. The van der Waals surface area contributed by atoms with Crippen LogP contribution in [-0.4, -0.2) is 19.7 Å². The van der Waals surface area contributed by atoms with Gasteiger partial charge in [0.25, 0.3) is 0 Å². The standard InChI is InChI=1S/C5H12N2O/c6-8-4-5-1-2-7-3-5/h5,7H,1-4,6H2/t5-/m0/s1. The first-order chi connectivity index (χ1) is 3.93.